The zero-order valence-electron chi connectivity index (χ0n) is 12.1. The molecule has 1 aliphatic rings. The van der Waals surface area contributed by atoms with Crippen molar-refractivity contribution in [1.82, 2.24) is 0 Å². The van der Waals surface area contributed by atoms with Crippen molar-refractivity contribution in [2.24, 2.45) is 0 Å². The van der Waals surface area contributed by atoms with E-state index >= 15 is 0 Å². The number of phenols is 1. The zero-order valence-corrected chi connectivity index (χ0v) is 12.9. The highest BCUT2D eigenvalue weighted by Gasteiger charge is 2.25. The fraction of sp³-hybridized carbons (Fsp3) is 0.118. The Morgan fingerprint density at radius 1 is 1.09 bits per heavy atom. The molecule has 0 saturated heterocycles. The largest absolute Gasteiger partial charge is 0.502 e. The molecule has 2 aromatic carbocycles. The first-order valence-electron chi connectivity index (χ1n) is 6.62. The summed E-state index contributed by atoms with van der Waals surface area (Å²) < 4.78 is 10.3. The lowest BCUT2D eigenvalue weighted by Gasteiger charge is -2.09. The van der Waals surface area contributed by atoms with Crippen molar-refractivity contribution >= 4 is 23.6 Å². The molecule has 0 unspecified atom stereocenters. The molecule has 1 aliphatic heterocycles. The third-order valence-corrected chi connectivity index (χ3v) is 4.47. The van der Waals surface area contributed by atoms with Gasteiger partial charge in [-0.05, 0) is 35.9 Å². The summed E-state index contributed by atoms with van der Waals surface area (Å²) in [6, 6.07) is 10.9. The topological polar surface area (TPSA) is 55.8 Å². The predicted molar refractivity (Wildman–Crippen MR) is 85.8 cm³/mol. The van der Waals surface area contributed by atoms with Crippen molar-refractivity contribution in [3.05, 3.63) is 52.4 Å². The number of thioether (sulfide) groups is 1. The van der Waals surface area contributed by atoms with Crippen LogP contribution in [0.1, 0.15) is 15.9 Å². The number of methoxy groups -OCH3 is 2. The molecule has 0 bridgehead atoms. The minimum atomic E-state index is -0.0548. The Bertz CT molecular complexity index is 755. The van der Waals surface area contributed by atoms with Crippen LogP contribution in [0.3, 0.4) is 0 Å². The number of Topliss-reactive ketones (excluding diaryl/α,β-unsaturated/α-hetero) is 1. The molecule has 0 spiro atoms. The van der Waals surface area contributed by atoms with Gasteiger partial charge in [0.05, 0.1) is 19.1 Å². The van der Waals surface area contributed by atoms with E-state index < -0.39 is 0 Å². The van der Waals surface area contributed by atoms with Crippen LogP contribution < -0.4 is 9.47 Å². The smallest absolute Gasteiger partial charge is 0.200 e. The van der Waals surface area contributed by atoms with Gasteiger partial charge in [0.25, 0.3) is 0 Å². The fourth-order valence-electron chi connectivity index (χ4n) is 2.28. The number of aromatic hydroxyl groups is 1. The van der Waals surface area contributed by atoms with Crippen molar-refractivity contribution in [2.45, 2.75) is 4.90 Å². The minimum Gasteiger partial charge on any atom is -0.502 e. The first-order valence-corrected chi connectivity index (χ1v) is 7.44. The summed E-state index contributed by atoms with van der Waals surface area (Å²) in [6.07, 6.45) is 1.78. The quantitative estimate of drug-likeness (QED) is 0.875. The Kier molecular flexibility index (Phi) is 3.81. The summed E-state index contributed by atoms with van der Waals surface area (Å²) in [7, 11) is 2.94. The Morgan fingerprint density at radius 2 is 1.73 bits per heavy atom. The SMILES string of the molecule is COc1cc(/C=C2\Sc3ccccc3C2=O)cc(OC)c1O. The fourth-order valence-corrected chi connectivity index (χ4v) is 3.34. The summed E-state index contributed by atoms with van der Waals surface area (Å²) in [4.78, 5) is 14.0. The number of carbonyl (C=O) groups is 1. The lowest BCUT2D eigenvalue weighted by molar-refractivity contribution is 0.104. The van der Waals surface area contributed by atoms with E-state index in [-0.39, 0.29) is 11.5 Å². The molecule has 0 atom stereocenters. The van der Waals surface area contributed by atoms with Gasteiger partial charge < -0.3 is 14.6 Å². The number of carbonyl (C=O) groups excluding carboxylic acids is 1. The van der Waals surface area contributed by atoms with E-state index in [4.69, 9.17) is 9.47 Å². The molecule has 0 radical (unpaired) electrons. The second-order valence-electron chi connectivity index (χ2n) is 4.71. The van der Waals surface area contributed by atoms with Crippen LogP contribution in [-0.2, 0) is 0 Å². The van der Waals surface area contributed by atoms with Gasteiger partial charge in [0.2, 0.25) is 11.5 Å². The number of ketones is 1. The Morgan fingerprint density at radius 3 is 2.32 bits per heavy atom. The van der Waals surface area contributed by atoms with Crippen molar-refractivity contribution in [1.29, 1.82) is 0 Å². The van der Waals surface area contributed by atoms with Gasteiger partial charge in [0, 0.05) is 10.5 Å². The summed E-state index contributed by atoms with van der Waals surface area (Å²) in [6.45, 7) is 0. The molecule has 2 aromatic rings. The van der Waals surface area contributed by atoms with Crippen LogP contribution in [0.4, 0.5) is 0 Å². The average molecular weight is 314 g/mol. The van der Waals surface area contributed by atoms with Crippen molar-refractivity contribution in [2.75, 3.05) is 14.2 Å². The second-order valence-corrected chi connectivity index (χ2v) is 5.79. The first kappa shape index (κ1) is 14.5. The number of benzene rings is 2. The highest BCUT2D eigenvalue weighted by Crippen LogP contribution is 2.42. The van der Waals surface area contributed by atoms with Crippen LogP contribution in [0.15, 0.2) is 46.2 Å². The number of allylic oxidation sites excluding steroid dienone is 1. The molecule has 0 aromatic heterocycles. The van der Waals surface area contributed by atoms with Gasteiger partial charge in [0.1, 0.15) is 0 Å². The van der Waals surface area contributed by atoms with Gasteiger partial charge in [-0.3, -0.25) is 4.79 Å². The summed E-state index contributed by atoms with van der Waals surface area (Å²) in [5.41, 5.74) is 1.45. The summed E-state index contributed by atoms with van der Waals surface area (Å²) in [5.74, 6) is 0.561. The molecular formula is C17H14O4S. The Hall–Kier alpha value is -2.40. The number of fused-ring (bicyclic) bond motifs is 1. The van der Waals surface area contributed by atoms with Crippen LogP contribution in [0.2, 0.25) is 0 Å². The van der Waals surface area contributed by atoms with Gasteiger partial charge in [-0.1, -0.05) is 23.9 Å². The monoisotopic (exact) mass is 314 g/mol. The molecule has 0 saturated carbocycles. The molecule has 1 N–H and O–H groups in total. The summed E-state index contributed by atoms with van der Waals surface area (Å²) >= 11 is 1.44. The molecule has 0 amide bonds. The van der Waals surface area contributed by atoms with E-state index in [1.807, 2.05) is 24.3 Å². The number of rotatable bonds is 3. The number of ether oxygens (including phenoxy) is 2. The van der Waals surface area contributed by atoms with Crippen LogP contribution in [0.25, 0.3) is 6.08 Å². The highest BCUT2D eigenvalue weighted by molar-refractivity contribution is 8.04. The first-order chi connectivity index (χ1) is 10.6. The molecule has 5 heteroatoms. The van der Waals surface area contributed by atoms with Crippen LogP contribution >= 0.6 is 11.8 Å². The third kappa shape index (κ3) is 2.44. The van der Waals surface area contributed by atoms with E-state index in [2.05, 4.69) is 0 Å². The molecule has 112 valence electrons. The average Bonchev–Trinajstić information content (AvgIpc) is 2.85. The van der Waals surface area contributed by atoms with Crippen LogP contribution in [0, 0.1) is 0 Å². The molecule has 4 nitrogen and oxygen atoms in total. The normalized spacial score (nSPS) is 15.0. The Balaban J connectivity index is 2.02. The van der Waals surface area contributed by atoms with E-state index in [1.54, 1.807) is 18.2 Å². The minimum absolute atomic E-state index is 0.00612. The van der Waals surface area contributed by atoms with Crippen LogP contribution in [-0.4, -0.2) is 25.1 Å². The van der Waals surface area contributed by atoms with Gasteiger partial charge >= 0.3 is 0 Å². The van der Waals surface area contributed by atoms with Gasteiger partial charge in [-0.15, -0.1) is 0 Å². The van der Waals surface area contributed by atoms with Gasteiger partial charge in [-0.2, -0.15) is 0 Å². The van der Waals surface area contributed by atoms with Crippen LogP contribution in [0.5, 0.6) is 17.2 Å². The van der Waals surface area contributed by atoms with Crippen molar-refractivity contribution in [3.63, 3.8) is 0 Å². The van der Waals surface area contributed by atoms with Gasteiger partial charge in [-0.25, -0.2) is 0 Å². The molecule has 0 fully saturated rings. The van der Waals surface area contributed by atoms with Crippen molar-refractivity contribution in [3.8, 4) is 17.2 Å². The predicted octanol–water partition coefficient (Wildman–Crippen LogP) is 3.74. The van der Waals surface area contributed by atoms with E-state index in [9.17, 15) is 9.90 Å². The van der Waals surface area contributed by atoms with E-state index in [0.29, 0.717) is 16.4 Å². The number of hydrogen-bond donors (Lipinski definition) is 1. The lowest BCUT2D eigenvalue weighted by Crippen LogP contribution is -1.94. The zero-order chi connectivity index (χ0) is 15.7. The molecule has 0 aliphatic carbocycles. The standard InChI is InChI=1S/C17H14O4S/c1-20-12-7-10(8-13(21-2)17(12)19)9-15-16(18)11-5-3-4-6-14(11)22-15/h3-9,19H,1-2H3/b15-9-. The number of hydrogen-bond acceptors (Lipinski definition) is 5. The molecule has 22 heavy (non-hydrogen) atoms. The van der Waals surface area contributed by atoms with E-state index in [0.717, 1.165) is 16.0 Å². The Labute approximate surface area is 132 Å². The number of phenolic OH excluding ortho intramolecular Hbond substituents is 1. The molecule has 3 rings (SSSR count). The van der Waals surface area contributed by atoms with Crippen molar-refractivity contribution < 1.29 is 19.4 Å². The molecule has 1 heterocycles. The second kappa shape index (κ2) is 5.77. The van der Waals surface area contributed by atoms with Gasteiger partial charge in [0.15, 0.2) is 11.5 Å². The maximum atomic E-state index is 12.4. The maximum Gasteiger partial charge on any atom is 0.200 e. The maximum absolute atomic E-state index is 12.4. The summed E-state index contributed by atoms with van der Waals surface area (Å²) in [5, 5.41) is 9.93. The van der Waals surface area contributed by atoms with E-state index in [1.165, 1.54) is 26.0 Å². The lowest BCUT2D eigenvalue weighted by atomic mass is 10.1. The third-order valence-electron chi connectivity index (χ3n) is 3.38. The molecular weight excluding hydrogens is 300 g/mol. The highest BCUT2D eigenvalue weighted by atomic mass is 32.2.